The minimum absolute atomic E-state index is 0.00333. The van der Waals surface area contributed by atoms with Crippen molar-refractivity contribution >= 4 is 23.0 Å². The summed E-state index contributed by atoms with van der Waals surface area (Å²) in [6.45, 7) is 4.42. The second-order valence-electron chi connectivity index (χ2n) is 8.95. The Morgan fingerprint density at radius 3 is 2.50 bits per heavy atom. The van der Waals surface area contributed by atoms with Crippen LogP contribution in [0.2, 0.25) is 0 Å². The van der Waals surface area contributed by atoms with Crippen LogP contribution >= 0.6 is 12.2 Å². The van der Waals surface area contributed by atoms with Crippen molar-refractivity contribution in [2.24, 2.45) is 0 Å². The summed E-state index contributed by atoms with van der Waals surface area (Å²) in [5.41, 5.74) is 3.26. The monoisotopic (exact) mass is 446 g/mol. The molecule has 0 bridgehead atoms. The average molecular weight is 447 g/mol. The second-order valence-corrected chi connectivity index (χ2v) is 9.34. The number of benzene rings is 1. The van der Waals surface area contributed by atoms with Crippen LogP contribution in [-0.4, -0.2) is 20.8 Å². The number of nitrogens with zero attached hydrogens (tertiary/aromatic N) is 3. The molecule has 2 aliphatic rings. The molecule has 1 aromatic carbocycles. The van der Waals surface area contributed by atoms with E-state index < -0.39 is 0 Å². The van der Waals surface area contributed by atoms with Crippen molar-refractivity contribution < 1.29 is 4.74 Å². The van der Waals surface area contributed by atoms with Gasteiger partial charge in [-0.1, -0.05) is 6.07 Å². The molecule has 0 amide bonds. The molecule has 0 spiro atoms. The molecule has 2 fully saturated rings. The van der Waals surface area contributed by atoms with Crippen LogP contribution in [0.15, 0.2) is 67.0 Å². The van der Waals surface area contributed by atoms with E-state index in [0.717, 1.165) is 30.0 Å². The third kappa shape index (κ3) is 3.99. The largest absolute Gasteiger partial charge is 0.490 e. The molecular weight excluding hydrogens is 416 g/mol. The van der Waals surface area contributed by atoms with Crippen LogP contribution in [0.1, 0.15) is 69.0 Å². The molecule has 1 saturated carbocycles. The van der Waals surface area contributed by atoms with Gasteiger partial charge in [-0.2, -0.15) is 0 Å². The van der Waals surface area contributed by atoms with Gasteiger partial charge in [0.05, 0.1) is 17.8 Å². The first-order valence-electron chi connectivity index (χ1n) is 11.6. The number of rotatable bonds is 6. The molecule has 5 rings (SSSR count). The number of anilines is 1. The first-order chi connectivity index (χ1) is 15.6. The van der Waals surface area contributed by atoms with Crippen molar-refractivity contribution in [1.29, 1.82) is 0 Å². The predicted octanol–water partition coefficient (Wildman–Crippen LogP) is 5.96. The maximum Gasteiger partial charge on any atom is 0.174 e. The fourth-order valence-electron chi connectivity index (χ4n) is 4.95. The standard InChI is InChI=1S/C26H30N4OS/c1-18(2)29-17-7-11-23(29)25-24(22-10-5-6-16-27-22)28-26(32)30(25)19-12-14-21(15-13-19)31-20-8-3-4-9-20/h5-7,10-18,20,24-25H,3-4,8-9H2,1-2H3,(H,28,32)/t24-,25-/m0/s1. The van der Waals surface area contributed by atoms with Gasteiger partial charge in [0, 0.05) is 29.8 Å². The Hall–Kier alpha value is -2.86. The first-order valence-corrected chi connectivity index (χ1v) is 12.0. The normalized spacial score (nSPS) is 21.3. The summed E-state index contributed by atoms with van der Waals surface area (Å²) in [7, 11) is 0. The van der Waals surface area contributed by atoms with E-state index in [9.17, 15) is 0 Å². The minimum atomic E-state index is -0.0366. The van der Waals surface area contributed by atoms with Crippen LogP contribution in [0.25, 0.3) is 0 Å². The third-order valence-corrected chi connectivity index (χ3v) is 6.80. The summed E-state index contributed by atoms with van der Waals surface area (Å²) in [5, 5.41) is 4.26. The van der Waals surface area contributed by atoms with Crippen LogP contribution < -0.4 is 15.0 Å². The SMILES string of the molecule is CC(C)n1cccc1[C@H]1[C@H](c2ccccn2)NC(=S)N1c1ccc(OC2CCCC2)cc1. The van der Waals surface area contributed by atoms with Gasteiger partial charge in [-0.15, -0.1) is 0 Å². The molecule has 0 radical (unpaired) electrons. The lowest BCUT2D eigenvalue weighted by atomic mass is 10.0. The molecule has 1 aliphatic carbocycles. The van der Waals surface area contributed by atoms with E-state index in [0.29, 0.717) is 17.3 Å². The van der Waals surface area contributed by atoms with E-state index in [1.54, 1.807) is 0 Å². The highest BCUT2D eigenvalue weighted by atomic mass is 32.1. The summed E-state index contributed by atoms with van der Waals surface area (Å²) in [6, 6.07) is 19.0. The van der Waals surface area contributed by atoms with Crippen LogP contribution in [0.4, 0.5) is 5.69 Å². The zero-order valence-electron chi connectivity index (χ0n) is 18.6. The fourth-order valence-corrected chi connectivity index (χ4v) is 5.29. The molecule has 2 aromatic heterocycles. The zero-order chi connectivity index (χ0) is 22.1. The van der Waals surface area contributed by atoms with Crippen molar-refractivity contribution in [3.8, 4) is 5.75 Å². The van der Waals surface area contributed by atoms with Gasteiger partial charge in [-0.25, -0.2) is 0 Å². The van der Waals surface area contributed by atoms with E-state index in [2.05, 4.69) is 82.3 Å². The number of ether oxygens (including phenoxy) is 1. The highest BCUT2D eigenvalue weighted by molar-refractivity contribution is 7.80. The summed E-state index contributed by atoms with van der Waals surface area (Å²) >= 11 is 5.85. The van der Waals surface area contributed by atoms with E-state index in [4.69, 9.17) is 17.0 Å². The molecule has 32 heavy (non-hydrogen) atoms. The number of pyridine rings is 1. The number of hydrogen-bond acceptors (Lipinski definition) is 3. The van der Waals surface area contributed by atoms with Gasteiger partial charge in [0.25, 0.3) is 0 Å². The molecule has 1 N–H and O–H groups in total. The lowest BCUT2D eigenvalue weighted by Crippen LogP contribution is -2.30. The maximum absolute atomic E-state index is 6.18. The quantitative estimate of drug-likeness (QED) is 0.473. The highest BCUT2D eigenvalue weighted by Crippen LogP contribution is 2.42. The van der Waals surface area contributed by atoms with E-state index in [1.165, 1.54) is 18.5 Å². The zero-order valence-corrected chi connectivity index (χ0v) is 19.5. The van der Waals surface area contributed by atoms with E-state index >= 15 is 0 Å². The Kier molecular flexibility index (Phi) is 5.87. The lowest BCUT2D eigenvalue weighted by Gasteiger charge is -2.30. The first kappa shape index (κ1) is 21.0. The highest BCUT2D eigenvalue weighted by Gasteiger charge is 2.42. The molecule has 2 atom stereocenters. The van der Waals surface area contributed by atoms with Crippen molar-refractivity contribution in [3.63, 3.8) is 0 Å². The summed E-state index contributed by atoms with van der Waals surface area (Å²) in [4.78, 5) is 6.88. The number of hydrogen-bond donors (Lipinski definition) is 1. The molecule has 166 valence electrons. The maximum atomic E-state index is 6.18. The smallest absolute Gasteiger partial charge is 0.174 e. The molecule has 1 saturated heterocycles. The summed E-state index contributed by atoms with van der Waals surface area (Å²) in [5.74, 6) is 0.933. The Morgan fingerprint density at radius 1 is 1.03 bits per heavy atom. The van der Waals surface area contributed by atoms with Crippen molar-refractivity contribution in [2.45, 2.75) is 63.8 Å². The number of nitrogens with one attached hydrogen (secondary N) is 1. The Bertz CT molecular complexity index is 1060. The summed E-state index contributed by atoms with van der Waals surface area (Å²) in [6.07, 6.45) is 9.19. The Balaban J connectivity index is 1.50. The Labute approximate surface area is 195 Å². The second kappa shape index (κ2) is 8.94. The molecule has 5 nitrogen and oxygen atoms in total. The number of thiocarbonyl (C=S) groups is 1. The van der Waals surface area contributed by atoms with Crippen LogP contribution in [0.5, 0.6) is 5.75 Å². The van der Waals surface area contributed by atoms with Crippen LogP contribution in [0, 0.1) is 0 Å². The van der Waals surface area contributed by atoms with E-state index in [1.807, 2.05) is 18.3 Å². The van der Waals surface area contributed by atoms with Crippen molar-refractivity contribution in [2.75, 3.05) is 4.90 Å². The van der Waals surface area contributed by atoms with Gasteiger partial charge in [0.1, 0.15) is 11.8 Å². The number of aromatic nitrogens is 2. The fraction of sp³-hybridized carbons (Fsp3) is 0.385. The molecule has 6 heteroatoms. The van der Waals surface area contributed by atoms with E-state index in [-0.39, 0.29) is 12.1 Å². The van der Waals surface area contributed by atoms with Crippen LogP contribution in [-0.2, 0) is 0 Å². The van der Waals surface area contributed by atoms with Gasteiger partial charge in [-0.05, 0) is 100 Å². The van der Waals surface area contributed by atoms with Gasteiger partial charge in [0.15, 0.2) is 5.11 Å². The van der Waals surface area contributed by atoms with Gasteiger partial charge < -0.3 is 19.5 Å². The average Bonchev–Trinajstić information content (AvgIpc) is 3.55. The molecule has 3 aromatic rings. The van der Waals surface area contributed by atoms with Crippen molar-refractivity contribution in [1.82, 2.24) is 14.9 Å². The third-order valence-electron chi connectivity index (χ3n) is 6.49. The van der Waals surface area contributed by atoms with Crippen molar-refractivity contribution in [3.05, 3.63) is 78.4 Å². The topological polar surface area (TPSA) is 42.3 Å². The molecule has 3 heterocycles. The Morgan fingerprint density at radius 2 is 1.81 bits per heavy atom. The molecule has 1 aliphatic heterocycles. The summed E-state index contributed by atoms with van der Waals surface area (Å²) < 4.78 is 8.50. The van der Waals surface area contributed by atoms with Gasteiger partial charge >= 0.3 is 0 Å². The predicted molar refractivity (Wildman–Crippen MR) is 132 cm³/mol. The molecular formula is C26H30N4OS. The molecule has 0 unspecified atom stereocenters. The van der Waals surface area contributed by atoms with Gasteiger partial charge in [-0.3, -0.25) is 4.98 Å². The van der Waals surface area contributed by atoms with Crippen LogP contribution in [0.3, 0.4) is 0 Å². The minimum Gasteiger partial charge on any atom is -0.490 e. The van der Waals surface area contributed by atoms with Gasteiger partial charge in [0.2, 0.25) is 0 Å². The lowest BCUT2D eigenvalue weighted by molar-refractivity contribution is 0.210.